The number of allylic oxidation sites excluding steroid dienone is 22. The number of esters is 2. The molecule has 9 nitrogen and oxygen atoms in total. The third-order valence-corrected chi connectivity index (χ3v) is 11.9. The fourth-order valence-electron chi connectivity index (χ4n) is 7.39. The number of carboxylic acids is 1. The molecule has 0 radical (unpaired) electrons. The van der Waals surface area contributed by atoms with Gasteiger partial charge in [0.05, 0.1) is 34.4 Å². The zero-order chi connectivity index (χ0) is 54.8. The van der Waals surface area contributed by atoms with Crippen LogP contribution in [0.4, 0.5) is 0 Å². The molecule has 75 heavy (non-hydrogen) atoms. The number of carbonyl (C=O) groups excluding carboxylic acids is 2. The van der Waals surface area contributed by atoms with Gasteiger partial charge in [-0.1, -0.05) is 218 Å². The lowest BCUT2D eigenvalue weighted by Crippen LogP contribution is -2.40. The monoisotopic (exact) mass is 1040 g/mol. The molecular formula is C66H108NO8+. The molecule has 0 aromatic heterocycles. The summed E-state index contributed by atoms with van der Waals surface area (Å²) >= 11 is 0. The second kappa shape index (κ2) is 55.7. The number of quaternary nitrogens is 1. The van der Waals surface area contributed by atoms with Gasteiger partial charge in [-0.2, -0.15) is 0 Å². The Hall–Kier alpha value is -4.57. The fraction of sp³-hybridized carbons (Fsp3) is 0.621. The third-order valence-electron chi connectivity index (χ3n) is 11.9. The standard InChI is InChI=1S/C66H107NO8/c1-6-8-10-12-14-16-18-20-21-22-23-24-25-26-27-28-29-30-31-32-33-34-35-36-37-38-39-40-41-42-43-45-47-49-51-53-55-57-64(69)75-62(61-74-66(65(70)71)72-59-58-67(3,4)5)60-73-63(68)56-54-52-50-48-46-44-19-17-15-13-11-9-7-2/h8,10-11,13-14,16-17,19-21,23-24,26-27,29-30,32-33,35-36,38-39,62,66H,6-7,9,12,15,18,22,25,28,31,34,37,40-61H2,1-5H3/p+1/b10-8-,13-11-,16-14-,19-17-,21-20-,24-23-,27-26-,30-29-,33-32-,36-35-,39-38-. The van der Waals surface area contributed by atoms with Gasteiger partial charge >= 0.3 is 17.9 Å². The number of rotatable bonds is 52. The molecule has 0 aromatic carbocycles. The Bertz CT molecular complexity index is 1690. The van der Waals surface area contributed by atoms with Crippen molar-refractivity contribution in [3.63, 3.8) is 0 Å². The van der Waals surface area contributed by atoms with E-state index in [4.69, 9.17) is 18.9 Å². The van der Waals surface area contributed by atoms with E-state index in [1.807, 2.05) is 21.1 Å². The first-order chi connectivity index (χ1) is 36.6. The van der Waals surface area contributed by atoms with Crippen LogP contribution in [0.5, 0.6) is 0 Å². The van der Waals surface area contributed by atoms with Crippen molar-refractivity contribution in [2.75, 3.05) is 47.5 Å². The molecule has 0 amide bonds. The van der Waals surface area contributed by atoms with Gasteiger partial charge in [-0.3, -0.25) is 9.59 Å². The van der Waals surface area contributed by atoms with Crippen molar-refractivity contribution in [2.24, 2.45) is 0 Å². The Morgan fingerprint density at radius 2 is 0.760 bits per heavy atom. The Morgan fingerprint density at radius 1 is 0.413 bits per heavy atom. The molecule has 2 atom stereocenters. The minimum Gasteiger partial charge on any atom is -0.477 e. The molecule has 0 heterocycles. The average Bonchev–Trinajstić information content (AvgIpc) is 3.38. The van der Waals surface area contributed by atoms with E-state index in [-0.39, 0.29) is 38.6 Å². The van der Waals surface area contributed by atoms with E-state index in [1.54, 1.807) is 0 Å². The SMILES string of the molecule is CC/C=C\C/C=C\C/C=C\C/C=C\C/C=C\C/C=C\C/C=C\C/C=C\C/C=C\CCCCCCCCCCCC(=O)OC(COC(=O)CCCCCCC/C=C\C/C=C\CCC)COC(OCC[N+](C)(C)C)C(=O)O. The van der Waals surface area contributed by atoms with Crippen LogP contribution in [-0.2, 0) is 33.3 Å². The topological polar surface area (TPSA) is 108 Å². The molecule has 0 aliphatic carbocycles. The van der Waals surface area contributed by atoms with Gasteiger partial charge in [-0.05, 0) is 109 Å². The number of aliphatic carboxylic acids is 1. The number of hydrogen-bond donors (Lipinski definition) is 1. The molecule has 1 N–H and O–H groups in total. The first-order valence-electron chi connectivity index (χ1n) is 29.3. The largest absolute Gasteiger partial charge is 0.477 e. The van der Waals surface area contributed by atoms with Crippen molar-refractivity contribution in [1.29, 1.82) is 0 Å². The lowest BCUT2D eigenvalue weighted by Gasteiger charge is -2.25. The number of nitrogens with zero attached hydrogens (tertiary/aromatic N) is 1. The van der Waals surface area contributed by atoms with Crippen LogP contribution in [0.2, 0.25) is 0 Å². The van der Waals surface area contributed by atoms with Gasteiger partial charge in [-0.25, -0.2) is 4.79 Å². The molecule has 0 spiro atoms. The molecular weight excluding hydrogens is 935 g/mol. The van der Waals surface area contributed by atoms with Crippen molar-refractivity contribution in [3.8, 4) is 0 Å². The van der Waals surface area contributed by atoms with Crippen molar-refractivity contribution < 1.29 is 42.9 Å². The fourth-order valence-corrected chi connectivity index (χ4v) is 7.39. The number of carbonyl (C=O) groups is 3. The Labute approximate surface area is 459 Å². The smallest absolute Gasteiger partial charge is 0.361 e. The molecule has 424 valence electrons. The van der Waals surface area contributed by atoms with Crippen LogP contribution in [0.1, 0.15) is 206 Å². The summed E-state index contributed by atoms with van der Waals surface area (Å²) in [7, 11) is 5.95. The van der Waals surface area contributed by atoms with E-state index < -0.39 is 24.3 Å². The summed E-state index contributed by atoms with van der Waals surface area (Å²) in [5, 5.41) is 9.68. The van der Waals surface area contributed by atoms with E-state index in [2.05, 4.69) is 148 Å². The van der Waals surface area contributed by atoms with Crippen LogP contribution < -0.4 is 0 Å². The minimum atomic E-state index is -1.52. The maximum Gasteiger partial charge on any atom is 0.361 e. The van der Waals surface area contributed by atoms with E-state index in [0.717, 1.165) is 135 Å². The van der Waals surface area contributed by atoms with Gasteiger partial charge in [0.25, 0.3) is 6.29 Å². The van der Waals surface area contributed by atoms with Gasteiger partial charge in [0.15, 0.2) is 6.10 Å². The minimum absolute atomic E-state index is 0.177. The summed E-state index contributed by atoms with van der Waals surface area (Å²) in [6.07, 6.45) is 76.8. The highest BCUT2D eigenvalue weighted by Crippen LogP contribution is 2.14. The second-order valence-electron chi connectivity index (χ2n) is 20.2. The quantitative estimate of drug-likeness (QED) is 0.0211. The molecule has 9 heteroatoms. The van der Waals surface area contributed by atoms with Crippen molar-refractivity contribution >= 4 is 17.9 Å². The van der Waals surface area contributed by atoms with E-state index >= 15 is 0 Å². The molecule has 0 fully saturated rings. The average molecular weight is 1040 g/mol. The molecule has 0 bridgehead atoms. The van der Waals surface area contributed by atoms with Crippen LogP contribution in [0.15, 0.2) is 134 Å². The molecule has 0 aliphatic rings. The highest BCUT2D eigenvalue weighted by Gasteiger charge is 2.25. The lowest BCUT2D eigenvalue weighted by molar-refractivity contribution is -0.870. The van der Waals surface area contributed by atoms with Crippen molar-refractivity contribution in [1.82, 2.24) is 0 Å². The summed E-state index contributed by atoms with van der Waals surface area (Å²) in [4.78, 5) is 37.3. The molecule has 0 saturated heterocycles. The van der Waals surface area contributed by atoms with Crippen LogP contribution in [-0.4, -0.2) is 87.4 Å². The van der Waals surface area contributed by atoms with E-state index in [9.17, 15) is 19.5 Å². The lowest BCUT2D eigenvalue weighted by atomic mass is 10.1. The first kappa shape index (κ1) is 70.4. The highest BCUT2D eigenvalue weighted by molar-refractivity contribution is 5.71. The number of unbranched alkanes of at least 4 members (excludes halogenated alkanes) is 15. The molecule has 0 aliphatic heterocycles. The molecule has 0 saturated carbocycles. The maximum absolute atomic E-state index is 12.9. The number of ether oxygens (including phenoxy) is 4. The van der Waals surface area contributed by atoms with Crippen LogP contribution in [0, 0.1) is 0 Å². The zero-order valence-electron chi connectivity index (χ0n) is 48.2. The number of carboxylic acid groups (broad SMARTS) is 1. The Morgan fingerprint density at radius 3 is 1.13 bits per heavy atom. The zero-order valence-corrected chi connectivity index (χ0v) is 48.2. The van der Waals surface area contributed by atoms with Crippen molar-refractivity contribution in [3.05, 3.63) is 134 Å². The van der Waals surface area contributed by atoms with Gasteiger partial charge in [0, 0.05) is 12.8 Å². The Balaban J connectivity index is 4.19. The van der Waals surface area contributed by atoms with Crippen molar-refractivity contribution in [2.45, 2.75) is 219 Å². The Kier molecular flexibility index (Phi) is 52.3. The van der Waals surface area contributed by atoms with Gasteiger partial charge in [-0.15, -0.1) is 0 Å². The summed E-state index contributed by atoms with van der Waals surface area (Å²) in [5.41, 5.74) is 0. The molecule has 0 aromatic rings. The van der Waals surface area contributed by atoms with Crippen LogP contribution in [0.3, 0.4) is 0 Å². The third kappa shape index (κ3) is 57.0. The summed E-state index contributed by atoms with van der Waals surface area (Å²) in [6, 6.07) is 0. The van der Waals surface area contributed by atoms with Gasteiger partial charge in [0.2, 0.25) is 0 Å². The predicted octanol–water partition coefficient (Wildman–Crippen LogP) is 17.5. The first-order valence-corrected chi connectivity index (χ1v) is 29.3. The predicted molar refractivity (Wildman–Crippen MR) is 317 cm³/mol. The van der Waals surface area contributed by atoms with Gasteiger partial charge in [0.1, 0.15) is 13.2 Å². The normalized spacial score (nSPS) is 13.8. The maximum atomic E-state index is 12.9. The number of hydrogen-bond acceptors (Lipinski definition) is 7. The summed E-state index contributed by atoms with van der Waals surface area (Å²) in [6.45, 7) is 4.65. The highest BCUT2D eigenvalue weighted by atomic mass is 16.7. The van der Waals surface area contributed by atoms with E-state index in [0.29, 0.717) is 17.4 Å². The van der Waals surface area contributed by atoms with E-state index in [1.165, 1.54) is 38.5 Å². The molecule has 2 unspecified atom stereocenters. The van der Waals surface area contributed by atoms with Gasteiger partial charge < -0.3 is 28.5 Å². The molecule has 0 rings (SSSR count). The summed E-state index contributed by atoms with van der Waals surface area (Å²) in [5.74, 6) is -2.05. The summed E-state index contributed by atoms with van der Waals surface area (Å²) < 4.78 is 22.8. The number of likely N-dealkylation sites (N-methyl/N-ethyl adjacent to an activating group) is 1. The van der Waals surface area contributed by atoms with Crippen LogP contribution >= 0.6 is 0 Å². The second-order valence-corrected chi connectivity index (χ2v) is 20.2. The van der Waals surface area contributed by atoms with Crippen LogP contribution in [0.25, 0.3) is 0 Å².